The van der Waals surface area contributed by atoms with Crippen molar-refractivity contribution < 1.29 is 9.90 Å². The van der Waals surface area contributed by atoms with E-state index >= 15 is 0 Å². The maximum Gasteiger partial charge on any atom is 0.254 e. The maximum atomic E-state index is 13.3. The first-order chi connectivity index (χ1) is 14.9. The fraction of sp³-hybridized carbons (Fsp3) is 0.652. The molecule has 1 aromatic carbocycles. The molecule has 0 radical (unpaired) electrons. The molecule has 0 bridgehead atoms. The third-order valence-electron chi connectivity index (χ3n) is 7.41. The van der Waals surface area contributed by atoms with Gasteiger partial charge in [-0.2, -0.15) is 0 Å². The van der Waals surface area contributed by atoms with Crippen LogP contribution >= 0.6 is 11.9 Å². The highest BCUT2D eigenvalue weighted by molar-refractivity contribution is 7.98. The summed E-state index contributed by atoms with van der Waals surface area (Å²) in [7, 11) is 1.68. The van der Waals surface area contributed by atoms with E-state index < -0.39 is 6.10 Å². The molecule has 7 nitrogen and oxygen atoms in total. The van der Waals surface area contributed by atoms with E-state index in [1.165, 1.54) is 50.5 Å². The number of hydrogen-bond donors (Lipinski definition) is 4. The Kier molecular flexibility index (Phi) is 6.79. The zero-order valence-electron chi connectivity index (χ0n) is 18.6. The van der Waals surface area contributed by atoms with Crippen LogP contribution in [0.4, 0.5) is 0 Å². The highest BCUT2D eigenvalue weighted by Crippen LogP contribution is 2.55. The van der Waals surface area contributed by atoms with Gasteiger partial charge in [0.1, 0.15) is 0 Å². The Hall–Kier alpha value is -1.77. The minimum absolute atomic E-state index is 0.0413. The van der Waals surface area contributed by atoms with Crippen LogP contribution < -0.4 is 10.0 Å². The summed E-state index contributed by atoms with van der Waals surface area (Å²) in [6.07, 6.45) is 7.53. The number of aliphatic hydroxyl groups is 1. The SMILES string of the molecule is CCN(C(=O)c1cccc(SNC(=N)NC)c1)[C@@H]1CN(C2CC3(CCCC3)C2)C[C@H]1O. The molecule has 0 unspecified atom stereocenters. The molecule has 2 aliphatic carbocycles. The second-order valence-corrected chi connectivity index (χ2v) is 10.2. The molecule has 4 rings (SSSR count). The summed E-state index contributed by atoms with van der Waals surface area (Å²) in [4.78, 5) is 18.5. The fourth-order valence-corrected chi connectivity index (χ4v) is 6.34. The molecule has 2 atom stereocenters. The van der Waals surface area contributed by atoms with E-state index in [0.29, 0.717) is 30.1 Å². The first-order valence-electron chi connectivity index (χ1n) is 11.5. The molecule has 170 valence electrons. The first-order valence-corrected chi connectivity index (χ1v) is 12.3. The van der Waals surface area contributed by atoms with Crippen molar-refractivity contribution >= 4 is 23.8 Å². The van der Waals surface area contributed by atoms with Crippen molar-refractivity contribution in [1.29, 1.82) is 5.41 Å². The lowest BCUT2D eigenvalue weighted by Crippen LogP contribution is -2.50. The average Bonchev–Trinajstić information content (AvgIpc) is 3.39. The molecule has 1 spiro atoms. The smallest absolute Gasteiger partial charge is 0.254 e. The number of benzene rings is 1. The average molecular weight is 446 g/mol. The van der Waals surface area contributed by atoms with Gasteiger partial charge >= 0.3 is 0 Å². The lowest BCUT2D eigenvalue weighted by molar-refractivity contribution is 0.0106. The van der Waals surface area contributed by atoms with Crippen molar-refractivity contribution in [2.75, 3.05) is 26.7 Å². The number of rotatable bonds is 6. The Labute approximate surface area is 189 Å². The number of carbonyl (C=O) groups is 1. The van der Waals surface area contributed by atoms with E-state index in [4.69, 9.17) is 5.41 Å². The second-order valence-electron chi connectivity index (χ2n) is 9.31. The summed E-state index contributed by atoms with van der Waals surface area (Å²) >= 11 is 1.30. The Morgan fingerprint density at radius 2 is 2.06 bits per heavy atom. The summed E-state index contributed by atoms with van der Waals surface area (Å²) in [5.74, 6) is 0.168. The number of likely N-dealkylation sites (tertiary alicyclic amines) is 1. The van der Waals surface area contributed by atoms with Gasteiger partial charge in [0, 0.05) is 43.2 Å². The van der Waals surface area contributed by atoms with E-state index in [9.17, 15) is 9.90 Å². The van der Waals surface area contributed by atoms with Gasteiger partial charge in [-0.25, -0.2) is 0 Å². The normalized spacial score (nSPS) is 25.4. The molecule has 2 saturated carbocycles. The quantitative estimate of drug-likeness (QED) is 0.306. The molecule has 31 heavy (non-hydrogen) atoms. The van der Waals surface area contributed by atoms with Crippen molar-refractivity contribution in [3.63, 3.8) is 0 Å². The van der Waals surface area contributed by atoms with Crippen LogP contribution in [-0.4, -0.2) is 71.6 Å². The molecule has 1 aromatic rings. The highest BCUT2D eigenvalue weighted by atomic mass is 32.2. The zero-order chi connectivity index (χ0) is 22.0. The van der Waals surface area contributed by atoms with Crippen LogP contribution in [0, 0.1) is 10.8 Å². The largest absolute Gasteiger partial charge is 0.390 e. The lowest BCUT2D eigenvalue weighted by atomic mass is 9.64. The summed E-state index contributed by atoms with van der Waals surface area (Å²) in [5, 5.41) is 21.2. The minimum atomic E-state index is -0.501. The minimum Gasteiger partial charge on any atom is -0.390 e. The maximum absolute atomic E-state index is 13.3. The number of β-amino-alcohol motifs (C(OH)–C–C–N with tert-alkyl or cyclic N) is 1. The second kappa shape index (κ2) is 9.38. The van der Waals surface area contributed by atoms with Crippen LogP contribution in [0.5, 0.6) is 0 Å². The van der Waals surface area contributed by atoms with E-state index in [0.717, 1.165) is 11.4 Å². The molecule has 1 saturated heterocycles. The monoisotopic (exact) mass is 445 g/mol. The van der Waals surface area contributed by atoms with Crippen LogP contribution in [-0.2, 0) is 0 Å². The van der Waals surface area contributed by atoms with Crippen LogP contribution in [0.15, 0.2) is 29.2 Å². The molecule has 8 heteroatoms. The Morgan fingerprint density at radius 3 is 2.74 bits per heavy atom. The molecular weight excluding hydrogens is 410 g/mol. The van der Waals surface area contributed by atoms with Gasteiger partial charge < -0.3 is 15.3 Å². The molecule has 3 fully saturated rings. The van der Waals surface area contributed by atoms with Crippen LogP contribution in [0.2, 0.25) is 0 Å². The third kappa shape index (κ3) is 4.71. The summed E-state index contributed by atoms with van der Waals surface area (Å²) in [6, 6.07) is 7.86. The van der Waals surface area contributed by atoms with Gasteiger partial charge in [-0.3, -0.25) is 19.8 Å². The molecule has 1 amide bonds. The first kappa shape index (κ1) is 22.4. The topological polar surface area (TPSA) is 91.7 Å². The number of aliphatic hydroxyl groups excluding tert-OH is 1. The van der Waals surface area contributed by atoms with Crippen molar-refractivity contribution in [3.8, 4) is 0 Å². The van der Waals surface area contributed by atoms with E-state index in [-0.39, 0.29) is 17.9 Å². The number of nitrogens with one attached hydrogen (secondary N) is 3. The standard InChI is InChI=1S/C23H35N5O2S/c1-3-28(21(30)16-7-6-8-18(11-16)31-26-22(24)25-2)19-14-27(15-20(19)29)17-12-23(13-17)9-4-5-10-23/h6-8,11,17,19-20,29H,3-5,9-10,12-15H2,1-2H3,(H3,24,25,26)/t19-,20-/m1/s1. The number of guanidine groups is 1. The van der Waals surface area contributed by atoms with E-state index in [1.54, 1.807) is 7.05 Å². The molecule has 3 aliphatic rings. The van der Waals surface area contributed by atoms with Crippen LogP contribution in [0.25, 0.3) is 0 Å². The Bertz CT molecular complexity index is 805. The summed E-state index contributed by atoms with van der Waals surface area (Å²) in [5.41, 5.74) is 1.20. The van der Waals surface area contributed by atoms with Gasteiger partial charge in [-0.05, 0) is 68.2 Å². The number of carbonyl (C=O) groups excluding carboxylic acids is 1. The number of amides is 1. The van der Waals surface area contributed by atoms with Crippen molar-refractivity contribution in [1.82, 2.24) is 19.8 Å². The van der Waals surface area contributed by atoms with Crippen LogP contribution in [0.1, 0.15) is 55.8 Å². The van der Waals surface area contributed by atoms with Gasteiger partial charge in [0.2, 0.25) is 0 Å². The predicted octanol–water partition coefficient (Wildman–Crippen LogP) is 2.67. The molecule has 0 aromatic heterocycles. The Balaban J connectivity index is 1.39. The van der Waals surface area contributed by atoms with Gasteiger partial charge in [0.15, 0.2) is 5.96 Å². The van der Waals surface area contributed by atoms with Gasteiger partial charge in [0.05, 0.1) is 12.1 Å². The van der Waals surface area contributed by atoms with Crippen molar-refractivity contribution in [2.24, 2.45) is 5.41 Å². The van der Waals surface area contributed by atoms with Gasteiger partial charge in [-0.1, -0.05) is 18.9 Å². The van der Waals surface area contributed by atoms with Gasteiger partial charge in [-0.15, -0.1) is 0 Å². The number of hydrogen-bond acceptors (Lipinski definition) is 5. The molecule has 1 heterocycles. The highest BCUT2D eigenvalue weighted by Gasteiger charge is 2.50. The summed E-state index contributed by atoms with van der Waals surface area (Å²) in [6.45, 7) is 3.99. The Morgan fingerprint density at radius 1 is 1.32 bits per heavy atom. The molecular formula is C23H35N5O2S. The number of nitrogens with zero attached hydrogens (tertiary/aromatic N) is 2. The lowest BCUT2D eigenvalue weighted by Gasteiger charge is -2.49. The third-order valence-corrected chi connectivity index (χ3v) is 8.20. The van der Waals surface area contributed by atoms with Crippen LogP contribution in [0.3, 0.4) is 0 Å². The van der Waals surface area contributed by atoms with E-state index in [2.05, 4.69) is 14.9 Å². The number of likely N-dealkylation sites (N-methyl/N-ethyl adjacent to an activating group) is 1. The predicted molar refractivity (Wildman–Crippen MR) is 124 cm³/mol. The fourth-order valence-electron chi connectivity index (χ4n) is 5.68. The zero-order valence-corrected chi connectivity index (χ0v) is 19.4. The molecule has 1 aliphatic heterocycles. The van der Waals surface area contributed by atoms with Crippen molar-refractivity contribution in [2.45, 2.75) is 68.5 Å². The summed E-state index contributed by atoms with van der Waals surface area (Å²) < 4.78 is 2.89. The van der Waals surface area contributed by atoms with Gasteiger partial charge in [0.25, 0.3) is 5.91 Å². The van der Waals surface area contributed by atoms with E-state index in [1.807, 2.05) is 36.1 Å². The molecule has 4 N–H and O–H groups in total. The van der Waals surface area contributed by atoms with Crippen molar-refractivity contribution in [3.05, 3.63) is 29.8 Å².